The van der Waals surface area contributed by atoms with Crippen molar-refractivity contribution in [2.45, 2.75) is 13.0 Å². The van der Waals surface area contributed by atoms with Crippen molar-refractivity contribution in [1.29, 1.82) is 0 Å². The predicted octanol–water partition coefficient (Wildman–Crippen LogP) is -0.856. The molecular weight excluding hydrogens is 164 g/mol. The lowest BCUT2D eigenvalue weighted by molar-refractivity contribution is -0.138. The zero-order valence-electron chi connectivity index (χ0n) is 6.74. The van der Waals surface area contributed by atoms with E-state index in [0.717, 1.165) is 0 Å². The van der Waals surface area contributed by atoms with E-state index in [1.165, 1.54) is 0 Å². The summed E-state index contributed by atoms with van der Waals surface area (Å²) in [4.78, 5) is 20.7. The third kappa shape index (κ3) is 4.51. The second-order valence-electron chi connectivity index (χ2n) is 2.05. The fourth-order valence-corrected chi connectivity index (χ4v) is 0.463. The Kier molecular flexibility index (Phi) is 4.78. The van der Waals surface area contributed by atoms with Crippen LogP contribution in [-0.2, 0) is 9.53 Å². The first-order chi connectivity index (χ1) is 5.57. The summed E-state index contributed by atoms with van der Waals surface area (Å²) in [6.07, 6.45) is -0.658. The van der Waals surface area contributed by atoms with Crippen LogP contribution in [0, 0.1) is 0 Å². The van der Waals surface area contributed by atoms with Crippen molar-refractivity contribution in [2.24, 2.45) is 5.73 Å². The molecule has 0 bridgehead atoms. The Balaban J connectivity index is 3.54. The molecular formula is C6H12N2O4. The lowest BCUT2D eigenvalue weighted by Gasteiger charge is -2.07. The molecule has 0 fully saturated rings. The number of nitrogens with two attached hydrogens (primary N) is 1. The SMILES string of the molecule is CCOC(=O)NCC(N)C(=O)O. The fourth-order valence-electron chi connectivity index (χ4n) is 0.463. The van der Waals surface area contributed by atoms with Gasteiger partial charge in [0.2, 0.25) is 0 Å². The summed E-state index contributed by atoms with van der Waals surface area (Å²) in [5.41, 5.74) is 5.09. The van der Waals surface area contributed by atoms with Gasteiger partial charge in [-0.1, -0.05) is 0 Å². The molecule has 0 aromatic heterocycles. The first-order valence-corrected chi connectivity index (χ1v) is 3.47. The maximum atomic E-state index is 10.6. The Bertz CT molecular complexity index is 171. The predicted molar refractivity (Wildman–Crippen MR) is 40.6 cm³/mol. The number of carboxylic acid groups (broad SMARTS) is 1. The summed E-state index contributed by atoms with van der Waals surface area (Å²) in [7, 11) is 0. The van der Waals surface area contributed by atoms with Gasteiger partial charge in [-0.15, -0.1) is 0 Å². The molecule has 1 unspecified atom stereocenters. The monoisotopic (exact) mass is 176 g/mol. The van der Waals surface area contributed by atoms with Crippen LogP contribution in [0.5, 0.6) is 0 Å². The second kappa shape index (κ2) is 5.36. The van der Waals surface area contributed by atoms with Crippen LogP contribution in [0.4, 0.5) is 4.79 Å². The van der Waals surface area contributed by atoms with Crippen LogP contribution < -0.4 is 11.1 Å². The average Bonchev–Trinajstić information content (AvgIpc) is 2.00. The van der Waals surface area contributed by atoms with Crippen LogP contribution in [0.25, 0.3) is 0 Å². The van der Waals surface area contributed by atoms with E-state index in [4.69, 9.17) is 10.8 Å². The average molecular weight is 176 g/mol. The smallest absolute Gasteiger partial charge is 0.407 e. The molecule has 0 saturated carbocycles. The number of hydrogen-bond acceptors (Lipinski definition) is 4. The highest BCUT2D eigenvalue weighted by Gasteiger charge is 2.12. The quantitative estimate of drug-likeness (QED) is 0.517. The molecule has 0 aliphatic heterocycles. The number of hydrogen-bond donors (Lipinski definition) is 3. The summed E-state index contributed by atoms with van der Waals surface area (Å²) in [6, 6.07) is -1.09. The van der Waals surface area contributed by atoms with Gasteiger partial charge >= 0.3 is 12.1 Å². The van der Waals surface area contributed by atoms with Crippen LogP contribution in [0.15, 0.2) is 0 Å². The molecule has 0 spiro atoms. The third-order valence-corrected chi connectivity index (χ3v) is 1.06. The molecule has 0 aliphatic carbocycles. The summed E-state index contributed by atoms with van der Waals surface area (Å²) in [5, 5.41) is 10.5. The molecule has 0 aromatic carbocycles. The zero-order valence-corrected chi connectivity index (χ0v) is 6.74. The van der Waals surface area contributed by atoms with Gasteiger partial charge in [-0.05, 0) is 6.92 Å². The number of rotatable bonds is 4. The maximum absolute atomic E-state index is 10.6. The standard InChI is InChI=1S/C6H12N2O4/c1-2-12-6(11)8-3-4(7)5(9)10/h4H,2-3,7H2,1H3,(H,8,11)(H,9,10). The molecule has 0 heterocycles. The minimum atomic E-state index is -1.16. The molecule has 1 atom stereocenters. The molecule has 0 aromatic rings. The minimum Gasteiger partial charge on any atom is -0.480 e. The van der Waals surface area contributed by atoms with E-state index in [2.05, 4.69) is 10.1 Å². The van der Waals surface area contributed by atoms with E-state index in [9.17, 15) is 9.59 Å². The van der Waals surface area contributed by atoms with Crippen molar-refractivity contribution in [3.8, 4) is 0 Å². The molecule has 6 nitrogen and oxygen atoms in total. The van der Waals surface area contributed by atoms with E-state index in [1.54, 1.807) is 6.92 Å². The van der Waals surface area contributed by atoms with Crippen LogP contribution >= 0.6 is 0 Å². The van der Waals surface area contributed by atoms with Crippen molar-refractivity contribution in [2.75, 3.05) is 13.2 Å². The Morgan fingerprint density at radius 2 is 2.25 bits per heavy atom. The van der Waals surface area contributed by atoms with E-state index in [1.807, 2.05) is 0 Å². The van der Waals surface area contributed by atoms with Gasteiger partial charge in [-0.25, -0.2) is 4.79 Å². The number of carbonyl (C=O) groups is 2. The number of aliphatic carboxylic acids is 1. The fraction of sp³-hybridized carbons (Fsp3) is 0.667. The zero-order chi connectivity index (χ0) is 9.56. The first-order valence-electron chi connectivity index (χ1n) is 3.47. The maximum Gasteiger partial charge on any atom is 0.407 e. The first kappa shape index (κ1) is 10.7. The van der Waals surface area contributed by atoms with Gasteiger partial charge in [0.15, 0.2) is 0 Å². The molecule has 0 rings (SSSR count). The van der Waals surface area contributed by atoms with E-state index in [0.29, 0.717) is 0 Å². The van der Waals surface area contributed by atoms with Crippen molar-refractivity contribution in [3.05, 3.63) is 0 Å². The largest absolute Gasteiger partial charge is 0.480 e. The van der Waals surface area contributed by atoms with Gasteiger partial charge in [0.25, 0.3) is 0 Å². The van der Waals surface area contributed by atoms with Gasteiger partial charge in [-0.3, -0.25) is 4.79 Å². The molecule has 0 saturated heterocycles. The summed E-state index contributed by atoms with van der Waals surface area (Å²) in [6.45, 7) is 1.76. The Morgan fingerprint density at radius 3 is 2.67 bits per heavy atom. The second-order valence-corrected chi connectivity index (χ2v) is 2.05. The molecule has 70 valence electrons. The lowest BCUT2D eigenvalue weighted by Crippen LogP contribution is -2.42. The van der Waals surface area contributed by atoms with E-state index < -0.39 is 18.1 Å². The summed E-state index contributed by atoms with van der Waals surface area (Å²) in [5.74, 6) is -1.16. The Hall–Kier alpha value is -1.30. The van der Waals surface area contributed by atoms with Crippen LogP contribution in [0.1, 0.15) is 6.92 Å². The van der Waals surface area contributed by atoms with Gasteiger partial charge in [0.1, 0.15) is 6.04 Å². The molecule has 6 heteroatoms. The van der Waals surface area contributed by atoms with Crippen molar-refractivity contribution in [3.63, 3.8) is 0 Å². The highest BCUT2D eigenvalue weighted by atomic mass is 16.5. The minimum absolute atomic E-state index is 0.131. The van der Waals surface area contributed by atoms with Gasteiger partial charge in [-0.2, -0.15) is 0 Å². The number of carboxylic acids is 1. The summed E-state index contributed by atoms with van der Waals surface area (Å²) < 4.78 is 4.47. The highest BCUT2D eigenvalue weighted by molar-refractivity contribution is 5.75. The van der Waals surface area contributed by atoms with Crippen LogP contribution in [0.3, 0.4) is 0 Å². The van der Waals surface area contributed by atoms with E-state index in [-0.39, 0.29) is 13.2 Å². The van der Waals surface area contributed by atoms with Gasteiger partial charge in [0.05, 0.1) is 6.61 Å². The number of ether oxygens (including phenoxy) is 1. The lowest BCUT2D eigenvalue weighted by atomic mass is 10.3. The van der Waals surface area contributed by atoms with Crippen molar-refractivity contribution < 1.29 is 19.4 Å². The number of carbonyl (C=O) groups excluding carboxylic acids is 1. The number of nitrogens with one attached hydrogen (secondary N) is 1. The van der Waals surface area contributed by atoms with Gasteiger partial charge < -0.3 is 20.9 Å². The molecule has 0 radical (unpaired) electrons. The Labute approximate surface area is 69.7 Å². The number of alkyl carbamates (subject to hydrolysis) is 1. The normalized spacial score (nSPS) is 11.8. The molecule has 1 amide bonds. The number of amides is 1. The van der Waals surface area contributed by atoms with Crippen LogP contribution in [0.2, 0.25) is 0 Å². The molecule has 0 aliphatic rings. The third-order valence-electron chi connectivity index (χ3n) is 1.06. The molecule has 4 N–H and O–H groups in total. The summed E-state index contributed by atoms with van der Waals surface area (Å²) >= 11 is 0. The van der Waals surface area contributed by atoms with Gasteiger partial charge in [0, 0.05) is 6.54 Å². The molecule has 12 heavy (non-hydrogen) atoms. The highest BCUT2D eigenvalue weighted by Crippen LogP contribution is 1.79. The van der Waals surface area contributed by atoms with E-state index >= 15 is 0 Å². The van der Waals surface area contributed by atoms with Crippen molar-refractivity contribution in [1.82, 2.24) is 5.32 Å². The topological polar surface area (TPSA) is 102 Å². The van der Waals surface area contributed by atoms with Crippen molar-refractivity contribution >= 4 is 12.1 Å². The van der Waals surface area contributed by atoms with Crippen LogP contribution in [-0.4, -0.2) is 36.4 Å². The Morgan fingerprint density at radius 1 is 1.67 bits per heavy atom.